The van der Waals surface area contributed by atoms with Crippen LogP contribution in [0.4, 0.5) is 0 Å². The maximum absolute atomic E-state index is 12.2. The molecule has 0 radical (unpaired) electrons. The summed E-state index contributed by atoms with van der Waals surface area (Å²) in [6, 6.07) is 10.3. The normalized spacial score (nSPS) is 11.0. The van der Waals surface area contributed by atoms with Crippen molar-refractivity contribution < 1.29 is 19.1 Å². The molecule has 0 saturated heterocycles. The molecule has 4 nitrogen and oxygen atoms in total. The first-order valence-electron chi connectivity index (χ1n) is 13.3. The van der Waals surface area contributed by atoms with Crippen molar-refractivity contribution in [3.63, 3.8) is 0 Å². The average molecular weight is 479 g/mol. The minimum atomic E-state index is -0.580. The summed E-state index contributed by atoms with van der Waals surface area (Å²) in [4.78, 5) is 24.4. The second-order valence-corrected chi connectivity index (χ2v) is 11.3. The van der Waals surface area contributed by atoms with E-state index in [-0.39, 0.29) is 11.9 Å². The fraction of sp³-hybridized carbons (Fsp3) is 0.714. The number of carbonyl (C=O) groups excluding carboxylic acids is 2. The van der Waals surface area contributed by atoms with Crippen LogP contribution in [0, 0.1) is 0 Å². The number of hydrogen-bond acceptors (Lipinski definition) is 4. The summed E-state index contributed by atoms with van der Waals surface area (Å²) in [6.07, 6.45) is 16.6. The molecule has 0 aliphatic rings. The fourth-order valence-corrected chi connectivity index (χ4v) is 5.98. The maximum Gasteiger partial charge on any atom is 0.306 e. The van der Waals surface area contributed by atoms with Crippen molar-refractivity contribution in [3.05, 3.63) is 30.3 Å². The van der Waals surface area contributed by atoms with Gasteiger partial charge >= 0.3 is 11.9 Å². The van der Waals surface area contributed by atoms with Crippen LogP contribution in [0.25, 0.3) is 0 Å². The molecule has 0 aliphatic carbocycles. The highest BCUT2D eigenvalue weighted by molar-refractivity contribution is 7.65. The van der Waals surface area contributed by atoms with E-state index >= 15 is 0 Å². The minimum absolute atomic E-state index is 0.113. The van der Waals surface area contributed by atoms with Crippen LogP contribution in [0.1, 0.15) is 104 Å². The Hall–Kier alpha value is -1.41. The van der Waals surface area contributed by atoms with E-state index in [1.807, 2.05) is 18.2 Å². The Morgan fingerprint density at radius 2 is 1.06 bits per heavy atom. The molecule has 0 aromatic heterocycles. The summed E-state index contributed by atoms with van der Waals surface area (Å²) in [6.45, 7) is 5.48. The third-order valence-corrected chi connectivity index (χ3v) is 8.37. The first kappa shape index (κ1) is 29.6. The fourth-order valence-electron chi connectivity index (χ4n) is 3.74. The number of hydrogen-bond donors (Lipinski definition) is 0. The zero-order chi connectivity index (χ0) is 24.0. The highest BCUT2D eigenvalue weighted by Gasteiger charge is 2.16. The van der Waals surface area contributed by atoms with Gasteiger partial charge in [0.25, 0.3) is 0 Å². The van der Waals surface area contributed by atoms with Gasteiger partial charge in [0.05, 0.1) is 13.2 Å². The standard InChI is InChI=1S/C28H47O4P/c1-3-5-7-9-11-16-22-31-27(29)20-24-33(26-18-14-13-15-19-26)25-21-28(30)32-23-17-12-10-8-6-4-2/h13-15,18-19H,3-12,16-17,20-25H2,1-2H3. The van der Waals surface area contributed by atoms with Crippen molar-refractivity contribution in [1.29, 1.82) is 0 Å². The summed E-state index contributed by atoms with van der Waals surface area (Å²) < 4.78 is 10.9. The molecule has 0 N–H and O–H groups in total. The molecule has 0 atom stereocenters. The monoisotopic (exact) mass is 478 g/mol. The van der Waals surface area contributed by atoms with E-state index in [0.717, 1.165) is 38.0 Å². The molecule has 0 bridgehead atoms. The van der Waals surface area contributed by atoms with Crippen molar-refractivity contribution in [2.75, 3.05) is 25.5 Å². The van der Waals surface area contributed by atoms with Gasteiger partial charge in [0.1, 0.15) is 0 Å². The van der Waals surface area contributed by atoms with Gasteiger partial charge in [-0.05, 0) is 30.5 Å². The third-order valence-electron chi connectivity index (χ3n) is 5.81. The molecule has 0 saturated carbocycles. The van der Waals surface area contributed by atoms with Gasteiger partial charge < -0.3 is 9.47 Å². The summed E-state index contributed by atoms with van der Waals surface area (Å²) in [5.74, 6) is -0.227. The molecule has 1 aromatic carbocycles. The molecular formula is C28H47O4P. The summed E-state index contributed by atoms with van der Waals surface area (Å²) in [5.41, 5.74) is 0. The molecule has 0 fully saturated rings. The van der Waals surface area contributed by atoms with Crippen LogP contribution in [-0.2, 0) is 19.1 Å². The van der Waals surface area contributed by atoms with E-state index in [0.29, 0.717) is 26.1 Å². The molecule has 0 spiro atoms. The van der Waals surface area contributed by atoms with Gasteiger partial charge in [-0.15, -0.1) is 0 Å². The predicted molar refractivity (Wildman–Crippen MR) is 141 cm³/mol. The zero-order valence-electron chi connectivity index (χ0n) is 21.2. The lowest BCUT2D eigenvalue weighted by molar-refractivity contribution is -0.144. The number of ether oxygens (including phenoxy) is 2. The van der Waals surface area contributed by atoms with E-state index in [4.69, 9.17) is 9.47 Å². The van der Waals surface area contributed by atoms with Crippen LogP contribution in [0.15, 0.2) is 30.3 Å². The lowest BCUT2D eigenvalue weighted by atomic mass is 10.1. The van der Waals surface area contributed by atoms with E-state index < -0.39 is 7.92 Å². The highest BCUT2D eigenvalue weighted by atomic mass is 31.1. The van der Waals surface area contributed by atoms with Crippen LogP contribution >= 0.6 is 7.92 Å². The van der Waals surface area contributed by atoms with Crippen LogP contribution in [0.3, 0.4) is 0 Å². The van der Waals surface area contributed by atoms with Crippen LogP contribution in [-0.4, -0.2) is 37.5 Å². The van der Waals surface area contributed by atoms with Gasteiger partial charge in [-0.25, -0.2) is 0 Å². The van der Waals surface area contributed by atoms with Crippen LogP contribution in [0.5, 0.6) is 0 Å². The number of unbranched alkanes of at least 4 members (excludes halogenated alkanes) is 10. The Morgan fingerprint density at radius 3 is 1.52 bits per heavy atom. The van der Waals surface area contributed by atoms with Crippen molar-refractivity contribution >= 4 is 25.2 Å². The van der Waals surface area contributed by atoms with E-state index in [9.17, 15) is 9.59 Å². The number of esters is 2. The largest absolute Gasteiger partial charge is 0.466 e. The van der Waals surface area contributed by atoms with Crippen molar-refractivity contribution in [3.8, 4) is 0 Å². The second kappa shape index (κ2) is 21.1. The second-order valence-electron chi connectivity index (χ2n) is 8.80. The molecule has 5 heteroatoms. The average Bonchev–Trinajstić information content (AvgIpc) is 2.83. The first-order chi connectivity index (χ1) is 16.2. The smallest absolute Gasteiger partial charge is 0.306 e. The minimum Gasteiger partial charge on any atom is -0.466 e. The van der Waals surface area contributed by atoms with Crippen LogP contribution < -0.4 is 5.30 Å². The summed E-state index contributed by atoms with van der Waals surface area (Å²) in [5, 5.41) is 1.24. The Kier molecular flexibility index (Phi) is 19.0. The SMILES string of the molecule is CCCCCCCCOC(=O)CCP(CCC(=O)OCCCCCCCC)c1ccccc1. The lowest BCUT2D eigenvalue weighted by Crippen LogP contribution is -2.14. The lowest BCUT2D eigenvalue weighted by Gasteiger charge is -2.17. The Balaban J connectivity index is 2.28. The molecule has 33 heavy (non-hydrogen) atoms. The predicted octanol–water partition coefficient (Wildman–Crippen LogP) is 7.38. The molecular weight excluding hydrogens is 431 g/mol. The Morgan fingerprint density at radius 1 is 0.636 bits per heavy atom. The number of carbonyl (C=O) groups is 2. The molecule has 1 aromatic rings. The molecule has 0 aliphatic heterocycles. The number of benzene rings is 1. The van der Waals surface area contributed by atoms with Crippen molar-refractivity contribution in [1.82, 2.24) is 0 Å². The number of rotatable bonds is 21. The van der Waals surface area contributed by atoms with Gasteiger partial charge in [-0.2, -0.15) is 0 Å². The quantitative estimate of drug-likeness (QED) is 0.105. The van der Waals surface area contributed by atoms with Crippen molar-refractivity contribution in [2.24, 2.45) is 0 Å². The molecule has 188 valence electrons. The van der Waals surface area contributed by atoms with E-state index in [1.54, 1.807) is 0 Å². The van der Waals surface area contributed by atoms with E-state index in [2.05, 4.69) is 26.0 Å². The van der Waals surface area contributed by atoms with Gasteiger partial charge in [0.2, 0.25) is 0 Å². The Bertz CT molecular complexity index is 571. The molecule has 0 heterocycles. The van der Waals surface area contributed by atoms with Crippen LogP contribution in [0.2, 0.25) is 0 Å². The topological polar surface area (TPSA) is 52.6 Å². The van der Waals surface area contributed by atoms with Gasteiger partial charge in [0, 0.05) is 12.8 Å². The van der Waals surface area contributed by atoms with Gasteiger partial charge in [-0.1, -0.05) is 116 Å². The zero-order valence-corrected chi connectivity index (χ0v) is 22.1. The third kappa shape index (κ3) is 16.8. The molecule has 0 amide bonds. The van der Waals surface area contributed by atoms with Gasteiger partial charge in [0.15, 0.2) is 0 Å². The first-order valence-corrected chi connectivity index (χ1v) is 15.0. The van der Waals surface area contributed by atoms with Gasteiger partial charge in [-0.3, -0.25) is 9.59 Å². The maximum atomic E-state index is 12.2. The highest BCUT2D eigenvalue weighted by Crippen LogP contribution is 2.36. The molecule has 1 rings (SSSR count). The summed E-state index contributed by atoms with van der Waals surface area (Å²) >= 11 is 0. The summed E-state index contributed by atoms with van der Waals surface area (Å²) in [7, 11) is -0.580. The Labute approximate surface area is 204 Å². The molecule has 0 unspecified atom stereocenters. The van der Waals surface area contributed by atoms with E-state index in [1.165, 1.54) is 56.7 Å². The van der Waals surface area contributed by atoms with Crippen molar-refractivity contribution in [2.45, 2.75) is 104 Å².